The molecule has 1 unspecified atom stereocenters. The minimum Gasteiger partial charge on any atom is -0.507 e. The van der Waals surface area contributed by atoms with Gasteiger partial charge in [0.15, 0.2) is 24.8 Å². The Morgan fingerprint density at radius 1 is 1.15 bits per heavy atom. The van der Waals surface area contributed by atoms with Gasteiger partial charge in [-0.3, -0.25) is 9.59 Å². The molecule has 4 N–H and O–H groups in total. The summed E-state index contributed by atoms with van der Waals surface area (Å²) in [6.45, 7) is 3.49. The number of pyridine rings is 2. The third kappa shape index (κ3) is 3.78. The van der Waals surface area contributed by atoms with Crippen LogP contribution in [0.2, 0.25) is 0 Å². The average molecular weight is 448 g/mol. The number of methoxy groups -OCH3 is 1. The van der Waals surface area contributed by atoms with Crippen LogP contribution < -0.4 is 9.97 Å². The molecule has 0 radical (unpaired) electrons. The van der Waals surface area contributed by atoms with Crippen LogP contribution >= 0.6 is 0 Å². The number of aliphatic hydroxyl groups excluding tert-OH is 1. The number of carbonyl (C=O) groups excluding carboxylic acids is 3. The van der Waals surface area contributed by atoms with Gasteiger partial charge in [-0.1, -0.05) is 0 Å². The molecule has 1 saturated heterocycles. The van der Waals surface area contributed by atoms with Crippen LogP contribution in [0.1, 0.15) is 44.5 Å². The molecule has 3 aromatic rings. The Labute approximate surface area is 189 Å². The van der Waals surface area contributed by atoms with Crippen molar-refractivity contribution in [2.45, 2.75) is 26.4 Å². The second kappa shape index (κ2) is 8.70. The van der Waals surface area contributed by atoms with Crippen molar-refractivity contribution in [3.8, 4) is 0 Å². The zero-order valence-electron chi connectivity index (χ0n) is 18.4. The van der Waals surface area contributed by atoms with E-state index in [1.807, 2.05) is 6.07 Å². The van der Waals surface area contributed by atoms with E-state index in [2.05, 4.69) is 15.0 Å². The lowest BCUT2D eigenvalue weighted by Crippen LogP contribution is -2.29. The summed E-state index contributed by atoms with van der Waals surface area (Å²) in [5.74, 6) is -2.43. The van der Waals surface area contributed by atoms with Crippen molar-refractivity contribution >= 4 is 23.4 Å². The van der Waals surface area contributed by atoms with Gasteiger partial charge in [-0.2, -0.15) is 0 Å². The fraction of sp³-hybridized carbons (Fsp3) is 0.208. The van der Waals surface area contributed by atoms with Crippen LogP contribution in [0.25, 0.3) is 5.76 Å². The van der Waals surface area contributed by atoms with Gasteiger partial charge in [0.1, 0.15) is 11.5 Å². The lowest BCUT2D eigenvalue weighted by atomic mass is 9.94. The van der Waals surface area contributed by atoms with Gasteiger partial charge in [0.05, 0.1) is 25.3 Å². The molecule has 1 atom stereocenters. The number of amides is 1. The van der Waals surface area contributed by atoms with Crippen LogP contribution in [0, 0.1) is 13.8 Å². The Morgan fingerprint density at radius 3 is 2.52 bits per heavy atom. The van der Waals surface area contributed by atoms with Gasteiger partial charge >= 0.3 is 5.97 Å². The highest BCUT2D eigenvalue weighted by molar-refractivity contribution is 6.46. The van der Waals surface area contributed by atoms with Crippen molar-refractivity contribution < 1.29 is 34.2 Å². The SMILES string of the molecule is COC(=O)c1[nH]c(C)c(C(O)=C2C(=O)C(=O)N(Cc3ccc[nH+]c3)C2c2cc[nH+]cc2)c1C. The van der Waals surface area contributed by atoms with E-state index in [0.717, 1.165) is 5.56 Å². The number of aromatic nitrogens is 3. The van der Waals surface area contributed by atoms with Crippen molar-refractivity contribution in [1.29, 1.82) is 0 Å². The number of nitrogens with one attached hydrogen (secondary N) is 3. The Hall–Kier alpha value is -4.27. The number of carbonyl (C=O) groups is 3. The monoisotopic (exact) mass is 448 g/mol. The molecule has 4 heterocycles. The van der Waals surface area contributed by atoms with Crippen molar-refractivity contribution in [1.82, 2.24) is 9.88 Å². The maximum atomic E-state index is 13.2. The molecule has 1 aliphatic rings. The Kier molecular flexibility index (Phi) is 5.78. The van der Waals surface area contributed by atoms with E-state index in [-0.39, 0.29) is 23.6 Å². The van der Waals surface area contributed by atoms with Gasteiger partial charge in [-0.25, -0.2) is 14.8 Å². The summed E-state index contributed by atoms with van der Waals surface area (Å²) in [6, 6.07) is 6.35. The third-order valence-electron chi connectivity index (χ3n) is 5.79. The van der Waals surface area contributed by atoms with Crippen molar-refractivity contribution in [3.63, 3.8) is 0 Å². The third-order valence-corrected chi connectivity index (χ3v) is 5.79. The molecule has 4 rings (SSSR count). The second-order valence-corrected chi connectivity index (χ2v) is 7.79. The molecule has 1 aliphatic heterocycles. The summed E-state index contributed by atoms with van der Waals surface area (Å²) in [7, 11) is 1.26. The van der Waals surface area contributed by atoms with E-state index >= 15 is 0 Å². The summed E-state index contributed by atoms with van der Waals surface area (Å²) in [4.78, 5) is 48.7. The number of H-pyrrole nitrogens is 3. The number of ketones is 1. The summed E-state index contributed by atoms with van der Waals surface area (Å²) in [6.07, 6.45) is 6.87. The summed E-state index contributed by atoms with van der Waals surface area (Å²) in [5, 5.41) is 11.3. The van der Waals surface area contributed by atoms with Gasteiger partial charge in [0, 0.05) is 35.0 Å². The number of hydrogen-bond acceptors (Lipinski definition) is 5. The maximum absolute atomic E-state index is 13.2. The first-order valence-corrected chi connectivity index (χ1v) is 10.3. The minimum atomic E-state index is -0.810. The molecule has 9 nitrogen and oxygen atoms in total. The zero-order chi connectivity index (χ0) is 23.7. The number of aromatic amines is 3. The molecule has 3 aromatic heterocycles. The van der Waals surface area contributed by atoms with Gasteiger partial charge in [0.2, 0.25) is 0 Å². The molecule has 0 saturated carbocycles. The highest BCUT2D eigenvalue weighted by atomic mass is 16.5. The molecule has 0 bridgehead atoms. The van der Waals surface area contributed by atoms with Gasteiger partial charge < -0.3 is 19.7 Å². The first-order chi connectivity index (χ1) is 15.8. The van der Waals surface area contributed by atoms with E-state index in [9.17, 15) is 19.5 Å². The summed E-state index contributed by atoms with van der Waals surface area (Å²) >= 11 is 0. The number of esters is 1. The van der Waals surface area contributed by atoms with Gasteiger partial charge in [0.25, 0.3) is 11.7 Å². The second-order valence-electron chi connectivity index (χ2n) is 7.79. The van der Waals surface area contributed by atoms with Crippen LogP contribution in [0.3, 0.4) is 0 Å². The number of nitrogens with zero attached hydrogens (tertiary/aromatic N) is 1. The fourth-order valence-corrected chi connectivity index (χ4v) is 4.24. The minimum absolute atomic E-state index is 0.0345. The lowest BCUT2D eigenvalue weighted by Gasteiger charge is -2.24. The van der Waals surface area contributed by atoms with Crippen LogP contribution in [0.15, 0.2) is 54.6 Å². The molecule has 168 valence electrons. The van der Waals surface area contributed by atoms with Crippen molar-refractivity contribution in [3.05, 3.63) is 88.3 Å². The number of likely N-dealkylation sites (tertiary alicyclic amines) is 1. The average Bonchev–Trinajstić information content (AvgIpc) is 3.27. The number of Topliss-reactive ketones (excluding diaryl/α,β-unsaturated/α-hetero) is 1. The maximum Gasteiger partial charge on any atom is 0.354 e. The normalized spacial score (nSPS) is 17.4. The quantitative estimate of drug-likeness (QED) is 0.266. The van der Waals surface area contributed by atoms with Gasteiger partial charge in [-0.15, -0.1) is 0 Å². The van der Waals surface area contributed by atoms with Crippen molar-refractivity contribution in [2.75, 3.05) is 7.11 Å². The van der Waals surface area contributed by atoms with Crippen LogP contribution in [0.5, 0.6) is 0 Å². The zero-order valence-corrected chi connectivity index (χ0v) is 18.4. The van der Waals surface area contributed by atoms with E-state index in [0.29, 0.717) is 22.4 Å². The topological polar surface area (TPSA) is 128 Å². The van der Waals surface area contributed by atoms with Crippen molar-refractivity contribution in [2.24, 2.45) is 0 Å². The highest BCUT2D eigenvalue weighted by Crippen LogP contribution is 2.41. The Bertz CT molecular complexity index is 1260. The number of aryl methyl sites for hydroxylation is 1. The molecule has 0 aliphatic carbocycles. The Morgan fingerprint density at radius 2 is 1.88 bits per heavy atom. The lowest BCUT2D eigenvalue weighted by molar-refractivity contribution is -0.379. The largest absolute Gasteiger partial charge is 0.507 e. The van der Waals surface area contributed by atoms with Crippen LogP contribution in [-0.2, 0) is 20.9 Å². The standard InChI is InChI=1S/C24H22N4O5/c1-13-17(14(2)27-19(13)24(32)33-3)21(29)18-20(16-6-9-25-10-7-16)28(23(31)22(18)30)12-15-5-4-8-26-11-15/h4-11,20,27,29H,12H2,1-3H3/p+2. The smallest absolute Gasteiger partial charge is 0.354 e. The molecule has 0 aromatic carbocycles. The number of rotatable bonds is 5. The van der Waals surface area contributed by atoms with Crippen LogP contribution in [-0.4, -0.2) is 39.8 Å². The van der Waals surface area contributed by atoms with E-state index in [4.69, 9.17) is 4.74 Å². The summed E-state index contributed by atoms with van der Waals surface area (Å²) in [5.41, 5.74) is 2.82. The number of hydrogen-bond donors (Lipinski definition) is 2. The van der Waals surface area contributed by atoms with Crippen LogP contribution in [0.4, 0.5) is 0 Å². The fourth-order valence-electron chi connectivity index (χ4n) is 4.24. The predicted octanol–water partition coefficient (Wildman–Crippen LogP) is 1.67. The summed E-state index contributed by atoms with van der Waals surface area (Å²) < 4.78 is 4.80. The van der Waals surface area contributed by atoms with E-state index in [1.165, 1.54) is 12.0 Å². The highest BCUT2D eigenvalue weighted by Gasteiger charge is 2.46. The van der Waals surface area contributed by atoms with E-state index in [1.54, 1.807) is 56.8 Å². The number of ether oxygens (including phenoxy) is 1. The molecule has 9 heteroatoms. The first kappa shape index (κ1) is 21.9. The molecular formula is C24H24N4O5+2. The first-order valence-electron chi connectivity index (χ1n) is 10.3. The molecular weight excluding hydrogens is 424 g/mol. The molecule has 1 fully saturated rings. The predicted molar refractivity (Wildman–Crippen MR) is 115 cm³/mol. The molecule has 33 heavy (non-hydrogen) atoms. The molecule has 1 amide bonds. The Balaban J connectivity index is 1.90. The number of aliphatic hydroxyl groups is 1. The molecule has 0 spiro atoms. The van der Waals surface area contributed by atoms with Gasteiger partial charge in [-0.05, 0) is 31.0 Å². The van der Waals surface area contributed by atoms with E-state index < -0.39 is 23.7 Å².